The number of hydrogen-bond acceptors (Lipinski definition) is 5. The van der Waals surface area contributed by atoms with Crippen LogP contribution in [0.15, 0.2) is 18.3 Å². The van der Waals surface area contributed by atoms with Crippen molar-refractivity contribution < 1.29 is 9.53 Å². The Bertz CT molecular complexity index is 722. The number of ether oxygens (including phenoxy) is 1. The minimum atomic E-state index is -0.394. The predicted molar refractivity (Wildman–Crippen MR) is 86.3 cm³/mol. The van der Waals surface area contributed by atoms with Crippen molar-refractivity contribution in [1.82, 2.24) is 19.4 Å². The van der Waals surface area contributed by atoms with E-state index in [-0.39, 0.29) is 5.91 Å². The Morgan fingerprint density at radius 2 is 2.13 bits per heavy atom. The molecule has 0 N–H and O–H groups in total. The van der Waals surface area contributed by atoms with Gasteiger partial charge in [0.2, 0.25) is 5.95 Å². The molecule has 1 unspecified atom stereocenters. The Morgan fingerprint density at radius 1 is 1.30 bits per heavy atom. The highest BCUT2D eigenvalue weighted by atomic mass is 16.5. The number of carbonyl (C=O) groups excluding carboxylic acids is 1. The summed E-state index contributed by atoms with van der Waals surface area (Å²) < 4.78 is 7.72. The topological polar surface area (TPSA) is 63.5 Å². The highest BCUT2D eigenvalue weighted by Crippen LogP contribution is 2.22. The molecule has 7 nitrogen and oxygen atoms in total. The van der Waals surface area contributed by atoms with Crippen molar-refractivity contribution in [2.75, 3.05) is 37.7 Å². The van der Waals surface area contributed by atoms with Crippen LogP contribution in [0.25, 0.3) is 11.2 Å². The van der Waals surface area contributed by atoms with Crippen molar-refractivity contribution in [2.24, 2.45) is 7.05 Å². The van der Waals surface area contributed by atoms with Gasteiger partial charge in [0, 0.05) is 32.9 Å². The zero-order valence-electron chi connectivity index (χ0n) is 13.3. The van der Waals surface area contributed by atoms with Crippen molar-refractivity contribution in [3.8, 4) is 0 Å². The van der Waals surface area contributed by atoms with Crippen molar-refractivity contribution in [3.05, 3.63) is 18.3 Å². The van der Waals surface area contributed by atoms with Gasteiger partial charge in [-0.05, 0) is 25.0 Å². The molecule has 4 rings (SSSR count). The highest BCUT2D eigenvalue weighted by molar-refractivity contribution is 5.82. The van der Waals surface area contributed by atoms with Gasteiger partial charge in [0.05, 0.1) is 13.2 Å². The van der Waals surface area contributed by atoms with E-state index in [9.17, 15) is 4.79 Å². The van der Waals surface area contributed by atoms with Crippen LogP contribution in [0.2, 0.25) is 0 Å². The number of nitrogens with zero attached hydrogens (tertiary/aromatic N) is 5. The Morgan fingerprint density at radius 3 is 2.91 bits per heavy atom. The molecule has 2 fully saturated rings. The summed E-state index contributed by atoms with van der Waals surface area (Å²) in [6, 6.07) is 3.84. The number of fused-ring (bicyclic) bond motifs is 1. The van der Waals surface area contributed by atoms with Gasteiger partial charge in [-0.25, -0.2) is 9.97 Å². The summed E-state index contributed by atoms with van der Waals surface area (Å²) >= 11 is 0. The molecule has 0 saturated carbocycles. The number of rotatable bonds is 2. The largest absolute Gasteiger partial charge is 0.365 e. The van der Waals surface area contributed by atoms with E-state index in [2.05, 4.69) is 14.9 Å². The Hall–Kier alpha value is -2.15. The highest BCUT2D eigenvalue weighted by Gasteiger charge is 2.32. The minimum absolute atomic E-state index is 0.115. The van der Waals surface area contributed by atoms with Crippen molar-refractivity contribution in [1.29, 1.82) is 0 Å². The number of amides is 1. The first-order valence-corrected chi connectivity index (χ1v) is 8.17. The number of morpholine rings is 1. The zero-order chi connectivity index (χ0) is 15.8. The summed E-state index contributed by atoms with van der Waals surface area (Å²) in [6.07, 6.45) is 3.57. The van der Waals surface area contributed by atoms with Gasteiger partial charge < -0.3 is 14.5 Å². The Balaban J connectivity index is 1.56. The summed E-state index contributed by atoms with van der Waals surface area (Å²) in [4.78, 5) is 25.7. The maximum Gasteiger partial charge on any atom is 0.253 e. The standard InChI is InChI=1S/C16H21N5O2/c1-19-14-12(5-4-6-17-14)18-16(19)21-9-10-23-13(11-21)15(22)20-7-2-3-8-20/h4-6,13H,2-3,7-11H2,1H3. The van der Waals surface area contributed by atoms with Crippen LogP contribution in [0.5, 0.6) is 0 Å². The smallest absolute Gasteiger partial charge is 0.253 e. The summed E-state index contributed by atoms with van der Waals surface area (Å²) in [5.41, 5.74) is 1.73. The van der Waals surface area contributed by atoms with E-state index >= 15 is 0 Å². The predicted octanol–water partition coefficient (Wildman–Crippen LogP) is 0.796. The van der Waals surface area contributed by atoms with E-state index in [0.29, 0.717) is 13.2 Å². The van der Waals surface area contributed by atoms with E-state index in [1.807, 2.05) is 28.6 Å². The lowest BCUT2D eigenvalue weighted by atomic mass is 10.2. The normalized spacial score (nSPS) is 22.0. The van der Waals surface area contributed by atoms with Crippen LogP contribution in [-0.4, -0.2) is 64.2 Å². The average molecular weight is 315 g/mol. The van der Waals surface area contributed by atoms with Crippen molar-refractivity contribution >= 4 is 23.0 Å². The molecule has 7 heteroatoms. The third-order valence-electron chi connectivity index (χ3n) is 4.65. The number of imidazole rings is 1. The first kappa shape index (κ1) is 14.4. The minimum Gasteiger partial charge on any atom is -0.365 e. The SMILES string of the molecule is Cn1c(N2CCOC(C(=O)N3CCCC3)C2)nc2cccnc21. The lowest BCUT2D eigenvalue weighted by Gasteiger charge is -2.34. The molecule has 2 aromatic heterocycles. The lowest BCUT2D eigenvalue weighted by molar-refractivity contribution is -0.143. The zero-order valence-corrected chi connectivity index (χ0v) is 13.3. The molecule has 1 amide bonds. The molecular weight excluding hydrogens is 294 g/mol. The molecule has 2 aliphatic rings. The van der Waals surface area contributed by atoms with Crippen molar-refractivity contribution in [2.45, 2.75) is 18.9 Å². The van der Waals surface area contributed by atoms with E-state index in [4.69, 9.17) is 4.74 Å². The van der Waals surface area contributed by atoms with Gasteiger partial charge in [-0.15, -0.1) is 0 Å². The molecule has 1 atom stereocenters. The Labute approximate surface area is 134 Å². The van der Waals surface area contributed by atoms with Crippen LogP contribution < -0.4 is 4.90 Å². The second-order valence-electron chi connectivity index (χ2n) is 6.15. The van der Waals surface area contributed by atoms with E-state index < -0.39 is 6.10 Å². The van der Waals surface area contributed by atoms with Gasteiger partial charge in [-0.3, -0.25) is 9.36 Å². The summed E-state index contributed by atoms with van der Waals surface area (Å²) in [6.45, 7) is 3.54. The maximum absolute atomic E-state index is 12.6. The number of hydrogen-bond donors (Lipinski definition) is 0. The fourth-order valence-electron chi connectivity index (χ4n) is 3.42. The first-order valence-electron chi connectivity index (χ1n) is 8.17. The van der Waals surface area contributed by atoms with Gasteiger partial charge in [-0.1, -0.05) is 0 Å². The van der Waals surface area contributed by atoms with Crippen LogP contribution in [0, 0.1) is 0 Å². The molecule has 0 spiro atoms. The van der Waals surface area contributed by atoms with E-state index in [1.165, 1.54) is 0 Å². The number of carbonyl (C=O) groups is 1. The monoisotopic (exact) mass is 315 g/mol. The molecule has 0 aromatic carbocycles. The summed E-state index contributed by atoms with van der Waals surface area (Å²) in [5, 5.41) is 0. The third-order valence-corrected chi connectivity index (χ3v) is 4.65. The summed E-state index contributed by atoms with van der Waals surface area (Å²) in [5.74, 6) is 0.963. The van der Waals surface area contributed by atoms with Gasteiger partial charge in [0.25, 0.3) is 5.91 Å². The molecule has 2 saturated heterocycles. The van der Waals surface area contributed by atoms with Gasteiger partial charge in [0.1, 0.15) is 5.52 Å². The molecule has 4 heterocycles. The van der Waals surface area contributed by atoms with Crippen molar-refractivity contribution in [3.63, 3.8) is 0 Å². The third kappa shape index (κ3) is 2.55. The number of likely N-dealkylation sites (tertiary alicyclic amines) is 1. The molecule has 2 aromatic rings. The fraction of sp³-hybridized carbons (Fsp3) is 0.562. The number of pyridine rings is 1. The maximum atomic E-state index is 12.6. The summed E-state index contributed by atoms with van der Waals surface area (Å²) in [7, 11) is 1.96. The van der Waals surface area contributed by atoms with E-state index in [0.717, 1.165) is 49.6 Å². The quantitative estimate of drug-likeness (QED) is 0.820. The average Bonchev–Trinajstić information content (AvgIpc) is 3.23. The second kappa shape index (κ2) is 5.81. The van der Waals surface area contributed by atoms with Gasteiger partial charge in [0.15, 0.2) is 11.8 Å². The molecule has 122 valence electrons. The van der Waals surface area contributed by atoms with Crippen LogP contribution in [0.3, 0.4) is 0 Å². The molecular formula is C16H21N5O2. The lowest BCUT2D eigenvalue weighted by Crippen LogP contribution is -2.51. The molecule has 0 bridgehead atoms. The fourth-order valence-corrected chi connectivity index (χ4v) is 3.42. The number of aryl methyl sites for hydroxylation is 1. The van der Waals surface area contributed by atoms with Crippen LogP contribution in [0.4, 0.5) is 5.95 Å². The second-order valence-corrected chi connectivity index (χ2v) is 6.15. The van der Waals surface area contributed by atoms with Gasteiger partial charge >= 0.3 is 0 Å². The number of anilines is 1. The van der Waals surface area contributed by atoms with Crippen LogP contribution in [-0.2, 0) is 16.6 Å². The van der Waals surface area contributed by atoms with E-state index in [1.54, 1.807) is 6.20 Å². The van der Waals surface area contributed by atoms with Crippen LogP contribution >= 0.6 is 0 Å². The molecule has 2 aliphatic heterocycles. The molecule has 0 aliphatic carbocycles. The van der Waals surface area contributed by atoms with Gasteiger partial charge in [-0.2, -0.15) is 0 Å². The Kier molecular flexibility index (Phi) is 3.65. The van der Waals surface area contributed by atoms with Crippen LogP contribution in [0.1, 0.15) is 12.8 Å². The molecule has 0 radical (unpaired) electrons. The number of aromatic nitrogens is 3. The molecule has 23 heavy (non-hydrogen) atoms. The first-order chi connectivity index (χ1) is 11.2.